The lowest BCUT2D eigenvalue weighted by Gasteiger charge is -1.98. The number of imidazole rings is 1. The SMILES string of the molecule is O=Cc1cnc(-c2ncc(F)cc2Br)[nH]1. The Hall–Kier alpha value is -1.56. The lowest BCUT2D eigenvalue weighted by molar-refractivity contribution is 0.111. The first-order valence-corrected chi connectivity index (χ1v) is 4.81. The Morgan fingerprint density at radius 1 is 1.40 bits per heavy atom. The number of nitrogens with zero attached hydrogens (tertiary/aromatic N) is 2. The van der Waals surface area contributed by atoms with Crippen LogP contribution in [0.2, 0.25) is 0 Å². The van der Waals surface area contributed by atoms with Crippen LogP contribution in [-0.4, -0.2) is 21.2 Å². The van der Waals surface area contributed by atoms with Crippen LogP contribution >= 0.6 is 15.9 Å². The van der Waals surface area contributed by atoms with Crippen molar-refractivity contribution in [3.8, 4) is 11.5 Å². The van der Waals surface area contributed by atoms with Gasteiger partial charge in [-0.25, -0.2) is 14.4 Å². The summed E-state index contributed by atoms with van der Waals surface area (Å²) in [6.07, 6.45) is 3.12. The highest BCUT2D eigenvalue weighted by molar-refractivity contribution is 9.10. The maximum Gasteiger partial charge on any atom is 0.167 e. The number of pyridine rings is 1. The summed E-state index contributed by atoms with van der Waals surface area (Å²) in [5, 5.41) is 0. The van der Waals surface area contributed by atoms with E-state index in [4.69, 9.17) is 0 Å². The largest absolute Gasteiger partial charge is 0.334 e. The molecular formula is C9H5BrFN3O. The number of carbonyl (C=O) groups is 1. The summed E-state index contributed by atoms with van der Waals surface area (Å²) in [6.45, 7) is 0. The summed E-state index contributed by atoms with van der Waals surface area (Å²) >= 11 is 3.16. The van der Waals surface area contributed by atoms with E-state index in [2.05, 4.69) is 30.9 Å². The average molecular weight is 270 g/mol. The molecule has 6 heteroatoms. The lowest BCUT2D eigenvalue weighted by Crippen LogP contribution is -1.89. The molecule has 0 aliphatic rings. The third-order valence-electron chi connectivity index (χ3n) is 1.75. The maximum atomic E-state index is 12.8. The number of nitrogens with one attached hydrogen (secondary N) is 1. The van der Waals surface area contributed by atoms with Gasteiger partial charge in [0.15, 0.2) is 12.1 Å². The van der Waals surface area contributed by atoms with Crippen molar-refractivity contribution in [1.82, 2.24) is 15.0 Å². The van der Waals surface area contributed by atoms with E-state index >= 15 is 0 Å². The smallest absolute Gasteiger partial charge is 0.167 e. The van der Waals surface area contributed by atoms with Crippen molar-refractivity contribution in [3.63, 3.8) is 0 Å². The fraction of sp³-hybridized carbons (Fsp3) is 0. The van der Waals surface area contributed by atoms with Gasteiger partial charge in [-0.15, -0.1) is 0 Å². The summed E-state index contributed by atoms with van der Waals surface area (Å²) in [4.78, 5) is 21.0. The van der Waals surface area contributed by atoms with Crippen LogP contribution in [0.4, 0.5) is 4.39 Å². The molecule has 76 valence electrons. The molecule has 0 aliphatic heterocycles. The van der Waals surface area contributed by atoms with E-state index in [0.29, 0.717) is 28.0 Å². The van der Waals surface area contributed by atoms with Crippen molar-refractivity contribution in [3.05, 3.63) is 34.4 Å². The number of halogens is 2. The molecule has 0 radical (unpaired) electrons. The normalized spacial score (nSPS) is 10.3. The topological polar surface area (TPSA) is 58.6 Å². The van der Waals surface area contributed by atoms with Gasteiger partial charge < -0.3 is 4.98 Å². The molecule has 0 amide bonds. The van der Waals surface area contributed by atoms with E-state index in [1.165, 1.54) is 12.3 Å². The van der Waals surface area contributed by atoms with Gasteiger partial charge in [0.1, 0.15) is 11.5 Å². The Morgan fingerprint density at radius 3 is 2.80 bits per heavy atom. The minimum Gasteiger partial charge on any atom is -0.334 e. The highest BCUT2D eigenvalue weighted by atomic mass is 79.9. The monoisotopic (exact) mass is 269 g/mol. The number of carbonyl (C=O) groups excluding carboxylic acids is 1. The molecule has 0 saturated heterocycles. The van der Waals surface area contributed by atoms with Crippen LogP contribution in [0.25, 0.3) is 11.5 Å². The molecule has 2 heterocycles. The molecular weight excluding hydrogens is 265 g/mol. The summed E-state index contributed by atoms with van der Waals surface area (Å²) in [6, 6.07) is 1.28. The van der Waals surface area contributed by atoms with Crippen molar-refractivity contribution in [2.45, 2.75) is 0 Å². The van der Waals surface area contributed by atoms with Crippen LogP contribution in [0.1, 0.15) is 10.5 Å². The van der Waals surface area contributed by atoms with Crippen LogP contribution in [0.3, 0.4) is 0 Å². The molecule has 0 unspecified atom stereocenters. The van der Waals surface area contributed by atoms with Gasteiger partial charge in [-0.05, 0) is 22.0 Å². The van der Waals surface area contributed by atoms with Crippen LogP contribution in [0.5, 0.6) is 0 Å². The molecule has 0 atom stereocenters. The number of aromatic amines is 1. The Kier molecular flexibility index (Phi) is 2.59. The standard InChI is InChI=1S/C9H5BrFN3O/c10-7-1-5(11)2-12-8(7)9-13-3-6(4-15)14-9/h1-4H,(H,13,14). The summed E-state index contributed by atoms with van der Waals surface area (Å²) in [7, 11) is 0. The maximum absolute atomic E-state index is 12.8. The number of H-pyrrole nitrogens is 1. The molecule has 1 N–H and O–H groups in total. The van der Waals surface area contributed by atoms with Crippen molar-refractivity contribution < 1.29 is 9.18 Å². The molecule has 2 aromatic rings. The second kappa shape index (κ2) is 3.90. The molecule has 0 saturated carbocycles. The minimum atomic E-state index is -0.437. The molecule has 4 nitrogen and oxygen atoms in total. The van der Waals surface area contributed by atoms with Gasteiger partial charge in [0.05, 0.1) is 18.1 Å². The average Bonchev–Trinajstić information content (AvgIpc) is 2.66. The molecule has 2 rings (SSSR count). The van der Waals surface area contributed by atoms with Gasteiger partial charge >= 0.3 is 0 Å². The first-order valence-electron chi connectivity index (χ1n) is 4.02. The highest BCUT2D eigenvalue weighted by Gasteiger charge is 2.09. The van der Waals surface area contributed by atoms with Crippen LogP contribution in [-0.2, 0) is 0 Å². The van der Waals surface area contributed by atoms with Crippen LogP contribution < -0.4 is 0 Å². The molecule has 2 aromatic heterocycles. The van der Waals surface area contributed by atoms with Crippen molar-refractivity contribution >= 4 is 22.2 Å². The zero-order valence-corrected chi connectivity index (χ0v) is 8.95. The number of aldehydes is 1. The second-order valence-electron chi connectivity index (χ2n) is 2.79. The second-order valence-corrected chi connectivity index (χ2v) is 3.64. The van der Waals surface area contributed by atoms with E-state index in [0.717, 1.165) is 6.20 Å². The zero-order valence-electron chi connectivity index (χ0n) is 7.37. The van der Waals surface area contributed by atoms with Gasteiger partial charge in [-0.1, -0.05) is 0 Å². The van der Waals surface area contributed by atoms with E-state index < -0.39 is 5.82 Å². The first kappa shape index (κ1) is 9.97. The van der Waals surface area contributed by atoms with Crippen LogP contribution in [0.15, 0.2) is 22.9 Å². The Bertz CT molecular complexity index is 512. The molecule has 0 aromatic carbocycles. The van der Waals surface area contributed by atoms with Crippen molar-refractivity contribution in [2.75, 3.05) is 0 Å². The highest BCUT2D eigenvalue weighted by Crippen LogP contribution is 2.23. The third-order valence-corrected chi connectivity index (χ3v) is 2.36. The summed E-state index contributed by atoms with van der Waals surface area (Å²) in [5.41, 5.74) is 0.813. The van der Waals surface area contributed by atoms with E-state index in [1.807, 2.05) is 0 Å². The van der Waals surface area contributed by atoms with Gasteiger partial charge in [0.2, 0.25) is 0 Å². The van der Waals surface area contributed by atoms with E-state index in [1.54, 1.807) is 0 Å². The van der Waals surface area contributed by atoms with Gasteiger partial charge in [0.25, 0.3) is 0 Å². The van der Waals surface area contributed by atoms with Gasteiger partial charge in [-0.3, -0.25) is 4.79 Å². The Morgan fingerprint density at radius 2 is 2.20 bits per heavy atom. The lowest BCUT2D eigenvalue weighted by atomic mass is 10.3. The van der Waals surface area contributed by atoms with Gasteiger partial charge in [-0.2, -0.15) is 0 Å². The number of rotatable bonds is 2. The van der Waals surface area contributed by atoms with E-state index in [9.17, 15) is 9.18 Å². The quantitative estimate of drug-likeness (QED) is 0.851. The fourth-order valence-corrected chi connectivity index (χ4v) is 1.61. The minimum absolute atomic E-state index is 0.350. The number of hydrogen-bond acceptors (Lipinski definition) is 3. The molecule has 0 fully saturated rings. The predicted octanol–water partition coefficient (Wildman–Crippen LogP) is 2.19. The number of aromatic nitrogens is 3. The van der Waals surface area contributed by atoms with Crippen molar-refractivity contribution in [1.29, 1.82) is 0 Å². The summed E-state index contributed by atoms with van der Waals surface area (Å²) < 4.78 is 13.2. The van der Waals surface area contributed by atoms with Crippen molar-refractivity contribution in [2.24, 2.45) is 0 Å². The Labute approximate surface area is 92.7 Å². The zero-order chi connectivity index (χ0) is 10.8. The first-order chi connectivity index (χ1) is 7.20. The molecule has 0 spiro atoms. The molecule has 0 aliphatic carbocycles. The van der Waals surface area contributed by atoms with Crippen LogP contribution in [0, 0.1) is 5.82 Å². The fourth-order valence-electron chi connectivity index (χ4n) is 1.10. The third kappa shape index (κ3) is 1.94. The predicted molar refractivity (Wildman–Crippen MR) is 54.9 cm³/mol. The molecule has 0 bridgehead atoms. The summed E-state index contributed by atoms with van der Waals surface area (Å²) in [5.74, 6) is -0.0169. The Balaban J connectivity index is 2.49. The van der Waals surface area contributed by atoms with E-state index in [-0.39, 0.29) is 0 Å². The molecule has 15 heavy (non-hydrogen) atoms. The number of hydrogen-bond donors (Lipinski definition) is 1. The van der Waals surface area contributed by atoms with Gasteiger partial charge in [0, 0.05) is 4.47 Å².